The van der Waals surface area contributed by atoms with Crippen molar-refractivity contribution in [3.05, 3.63) is 65.5 Å². The standard InChI is InChI=1S/C23H27F3N2O.C2H6O.CH5NO2S/c1-22(2,18-6-5-7-19(16-18)23(24,25)26)17-11-14-28(15-12-17)21(29)10-9-20-8-3-4-13-27-20;1-2-3;1-5(2,3)4/h3-8,13,16-17H,9-12,14-15H2,1-2H3;3H,2H2,1H3;1H3,(H2,2,3,4). The number of aryl methyl sites for hydroxylation is 1. The molecule has 1 aliphatic rings. The van der Waals surface area contributed by atoms with Crippen LogP contribution in [0.15, 0.2) is 48.7 Å². The van der Waals surface area contributed by atoms with Crippen LogP contribution in [0.1, 0.15) is 56.9 Å². The van der Waals surface area contributed by atoms with Crippen LogP contribution in [0.2, 0.25) is 0 Å². The van der Waals surface area contributed by atoms with Gasteiger partial charge >= 0.3 is 6.18 Å². The number of carbonyl (C=O) groups excluding carboxylic acids is 1. The largest absolute Gasteiger partial charge is 0.416 e. The average Bonchev–Trinajstić information content (AvgIpc) is 2.82. The van der Waals surface area contributed by atoms with Gasteiger partial charge in [0.05, 0.1) is 11.8 Å². The molecule has 0 atom stereocenters. The zero-order valence-electron chi connectivity index (χ0n) is 21.8. The van der Waals surface area contributed by atoms with Crippen LogP contribution >= 0.6 is 0 Å². The van der Waals surface area contributed by atoms with Crippen molar-refractivity contribution in [3.8, 4) is 0 Å². The number of primary sulfonamides is 1. The van der Waals surface area contributed by atoms with Gasteiger partial charge in [0.2, 0.25) is 15.9 Å². The second-order valence-corrected chi connectivity index (χ2v) is 11.1. The van der Waals surface area contributed by atoms with E-state index in [2.05, 4.69) is 10.1 Å². The molecule has 7 nitrogen and oxygen atoms in total. The summed E-state index contributed by atoms with van der Waals surface area (Å²) in [5.41, 5.74) is 0.614. The summed E-state index contributed by atoms with van der Waals surface area (Å²) in [5, 5.41) is 11.9. The minimum atomic E-state index is -4.34. The lowest BCUT2D eigenvalue weighted by Gasteiger charge is -2.41. The Bertz CT molecular complexity index is 1060. The van der Waals surface area contributed by atoms with Crippen molar-refractivity contribution >= 4 is 15.9 Å². The number of benzene rings is 1. The van der Waals surface area contributed by atoms with Crippen LogP contribution in [0.5, 0.6) is 0 Å². The van der Waals surface area contributed by atoms with Crippen LogP contribution in [0.3, 0.4) is 0 Å². The molecule has 3 N–H and O–H groups in total. The van der Waals surface area contributed by atoms with Gasteiger partial charge in [0.1, 0.15) is 0 Å². The predicted molar refractivity (Wildman–Crippen MR) is 138 cm³/mol. The number of hydrogen-bond acceptors (Lipinski definition) is 5. The second kappa shape index (κ2) is 14.4. The van der Waals surface area contributed by atoms with Gasteiger partial charge in [-0.05, 0) is 61.3 Å². The van der Waals surface area contributed by atoms with Gasteiger partial charge in [0, 0.05) is 38.0 Å². The Morgan fingerprint density at radius 2 is 1.65 bits per heavy atom. The lowest BCUT2D eigenvalue weighted by molar-refractivity contribution is -0.137. The monoisotopic (exact) mass is 545 g/mol. The molecule has 2 heterocycles. The smallest absolute Gasteiger partial charge is 0.397 e. The van der Waals surface area contributed by atoms with Crippen molar-refractivity contribution in [3.63, 3.8) is 0 Å². The van der Waals surface area contributed by atoms with Gasteiger partial charge in [-0.1, -0.05) is 38.1 Å². The van der Waals surface area contributed by atoms with Gasteiger partial charge in [0.15, 0.2) is 0 Å². The first-order chi connectivity index (χ1) is 17.1. The first-order valence-electron chi connectivity index (χ1n) is 12.0. The molecule has 0 unspecified atom stereocenters. The molecular formula is C26H38F3N3O4S. The van der Waals surface area contributed by atoms with Crippen molar-refractivity contribution < 1.29 is 31.5 Å². The SMILES string of the molecule is CC(C)(c1cccc(C(F)(F)F)c1)C1CCN(C(=O)CCc2ccccn2)CC1.CCO.CS(N)(=O)=O. The zero-order chi connectivity index (χ0) is 28.3. The van der Waals surface area contributed by atoms with Crippen LogP contribution in [0.4, 0.5) is 13.2 Å². The Hall–Kier alpha value is -2.50. The summed E-state index contributed by atoms with van der Waals surface area (Å²) in [4.78, 5) is 18.6. The molecule has 37 heavy (non-hydrogen) atoms. The molecule has 3 rings (SSSR count). The Balaban J connectivity index is 0.000000751. The number of alkyl halides is 3. The molecule has 1 aromatic heterocycles. The normalized spacial score (nSPS) is 14.7. The molecule has 0 saturated carbocycles. The molecule has 1 aliphatic heterocycles. The second-order valence-electron chi connectivity index (χ2n) is 9.42. The highest BCUT2D eigenvalue weighted by atomic mass is 32.2. The number of aliphatic hydroxyl groups excluding tert-OH is 1. The van der Waals surface area contributed by atoms with Crippen LogP contribution < -0.4 is 5.14 Å². The Morgan fingerprint density at radius 3 is 2.14 bits per heavy atom. The number of piperidine rings is 1. The topological polar surface area (TPSA) is 114 Å². The fourth-order valence-electron chi connectivity index (χ4n) is 4.12. The maximum atomic E-state index is 13.1. The first kappa shape index (κ1) is 32.5. The number of hydrogen-bond donors (Lipinski definition) is 2. The predicted octanol–water partition coefficient (Wildman–Crippen LogP) is 4.15. The number of aliphatic hydroxyl groups is 1. The van der Waals surface area contributed by atoms with E-state index in [4.69, 9.17) is 5.11 Å². The summed E-state index contributed by atoms with van der Waals surface area (Å²) < 4.78 is 58.1. The average molecular weight is 546 g/mol. The maximum absolute atomic E-state index is 13.1. The number of carbonyl (C=O) groups is 1. The van der Waals surface area contributed by atoms with Crippen molar-refractivity contribution in [2.45, 2.75) is 58.0 Å². The molecule has 0 aliphatic carbocycles. The summed E-state index contributed by atoms with van der Waals surface area (Å²) >= 11 is 0. The lowest BCUT2D eigenvalue weighted by Crippen LogP contribution is -2.43. The van der Waals surface area contributed by atoms with Gasteiger partial charge in [-0.3, -0.25) is 9.78 Å². The molecule has 11 heteroatoms. The van der Waals surface area contributed by atoms with Crippen LogP contribution in [-0.4, -0.2) is 55.3 Å². The summed E-state index contributed by atoms with van der Waals surface area (Å²) in [5.74, 6) is 0.344. The van der Waals surface area contributed by atoms with Crippen molar-refractivity contribution in [2.24, 2.45) is 11.1 Å². The van der Waals surface area contributed by atoms with E-state index in [1.807, 2.05) is 36.9 Å². The molecule has 0 spiro atoms. The molecule has 0 radical (unpaired) electrons. The highest BCUT2D eigenvalue weighted by Crippen LogP contribution is 2.40. The van der Waals surface area contributed by atoms with Crippen molar-refractivity contribution in [1.82, 2.24) is 9.88 Å². The number of pyridine rings is 1. The van der Waals surface area contributed by atoms with Gasteiger partial charge in [0.25, 0.3) is 0 Å². The van der Waals surface area contributed by atoms with E-state index in [-0.39, 0.29) is 23.8 Å². The minimum Gasteiger partial charge on any atom is -0.397 e. The Morgan fingerprint density at radius 1 is 1.11 bits per heavy atom. The number of sulfonamides is 1. The van der Waals surface area contributed by atoms with Crippen molar-refractivity contribution in [2.75, 3.05) is 26.0 Å². The molecule has 1 amide bonds. The fraction of sp³-hybridized carbons (Fsp3) is 0.538. The lowest BCUT2D eigenvalue weighted by atomic mass is 9.69. The molecular weight excluding hydrogens is 507 g/mol. The Kier molecular flexibility index (Phi) is 12.7. The number of amides is 1. The number of nitrogens with two attached hydrogens (primary N) is 1. The summed E-state index contributed by atoms with van der Waals surface area (Å²) in [6, 6.07) is 11.3. The van der Waals surface area contributed by atoms with Crippen LogP contribution in [-0.2, 0) is 32.8 Å². The van der Waals surface area contributed by atoms with Gasteiger partial charge in [-0.25, -0.2) is 13.6 Å². The van der Waals surface area contributed by atoms with E-state index in [0.717, 1.165) is 30.9 Å². The van der Waals surface area contributed by atoms with Gasteiger partial charge < -0.3 is 10.0 Å². The summed E-state index contributed by atoms with van der Waals surface area (Å²) in [7, 11) is -3.17. The van der Waals surface area contributed by atoms with Crippen molar-refractivity contribution in [1.29, 1.82) is 0 Å². The fourth-order valence-corrected chi connectivity index (χ4v) is 4.12. The molecule has 1 aromatic carbocycles. The van der Waals surface area contributed by atoms with E-state index in [1.165, 1.54) is 12.1 Å². The van der Waals surface area contributed by atoms with Crippen LogP contribution in [0, 0.1) is 5.92 Å². The molecule has 208 valence electrons. The summed E-state index contributed by atoms with van der Waals surface area (Å²) in [6.45, 7) is 7.24. The third-order valence-electron chi connectivity index (χ3n) is 6.12. The molecule has 1 saturated heterocycles. The van der Waals surface area contributed by atoms with E-state index in [1.54, 1.807) is 19.2 Å². The number of aromatic nitrogens is 1. The minimum absolute atomic E-state index is 0.117. The first-order valence-corrected chi connectivity index (χ1v) is 14.0. The Labute approximate surface area is 218 Å². The highest BCUT2D eigenvalue weighted by Gasteiger charge is 2.37. The number of halogens is 3. The quantitative estimate of drug-likeness (QED) is 0.586. The van der Waals surface area contributed by atoms with Crippen LogP contribution in [0.25, 0.3) is 0 Å². The van der Waals surface area contributed by atoms with Gasteiger partial charge in [-0.15, -0.1) is 0 Å². The highest BCUT2D eigenvalue weighted by molar-refractivity contribution is 7.88. The number of rotatable bonds is 5. The van der Waals surface area contributed by atoms with E-state index in [0.29, 0.717) is 31.5 Å². The van der Waals surface area contributed by atoms with E-state index in [9.17, 15) is 26.4 Å². The zero-order valence-corrected chi connectivity index (χ0v) is 22.6. The maximum Gasteiger partial charge on any atom is 0.416 e. The third-order valence-corrected chi connectivity index (χ3v) is 6.12. The molecule has 0 bridgehead atoms. The summed E-state index contributed by atoms with van der Waals surface area (Å²) in [6.07, 6.45) is 0.953. The van der Waals surface area contributed by atoms with E-state index < -0.39 is 21.8 Å². The third kappa shape index (κ3) is 12.1. The number of nitrogens with zero attached hydrogens (tertiary/aromatic N) is 2. The van der Waals surface area contributed by atoms with Gasteiger partial charge in [-0.2, -0.15) is 13.2 Å². The van der Waals surface area contributed by atoms with E-state index >= 15 is 0 Å². The molecule has 1 fully saturated rings. The molecule has 2 aromatic rings. The number of likely N-dealkylation sites (tertiary alicyclic amines) is 1.